The smallest absolute Gasteiger partial charge is 0.219 e. The van der Waals surface area contributed by atoms with E-state index in [0.717, 1.165) is 0 Å². The Hall–Kier alpha value is -2.81. The molecule has 0 saturated heterocycles. The standard InChI is InChI=1S/C18H12Cl2N4O3S/c19-11-3-6-15(14(20)8-11)26-10-13-5-4-12(27-13)9-21-24-17(22-23-18(24)28)16-2-1-7-25-16/h1-9H,10H2,(H,23,28). The zero-order chi connectivity index (χ0) is 19.5. The van der Waals surface area contributed by atoms with Gasteiger partial charge in [-0.2, -0.15) is 9.78 Å². The van der Waals surface area contributed by atoms with Gasteiger partial charge in [-0.25, -0.2) is 5.10 Å². The Labute approximate surface area is 174 Å². The van der Waals surface area contributed by atoms with Crippen LogP contribution < -0.4 is 4.74 Å². The molecule has 0 bridgehead atoms. The van der Waals surface area contributed by atoms with Gasteiger partial charge in [-0.3, -0.25) is 0 Å². The fourth-order valence-corrected chi connectivity index (χ4v) is 3.00. The van der Waals surface area contributed by atoms with Crippen molar-refractivity contribution in [3.05, 3.63) is 75.1 Å². The summed E-state index contributed by atoms with van der Waals surface area (Å²) in [7, 11) is 0. The van der Waals surface area contributed by atoms with Gasteiger partial charge in [0.05, 0.1) is 17.5 Å². The maximum absolute atomic E-state index is 6.09. The first-order chi connectivity index (χ1) is 13.6. The maximum atomic E-state index is 6.09. The minimum absolute atomic E-state index is 0.206. The van der Waals surface area contributed by atoms with E-state index in [1.165, 1.54) is 10.9 Å². The van der Waals surface area contributed by atoms with Crippen LogP contribution in [-0.4, -0.2) is 21.1 Å². The van der Waals surface area contributed by atoms with Crippen LogP contribution in [0.4, 0.5) is 0 Å². The highest BCUT2D eigenvalue weighted by molar-refractivity contribution is 7.71. The monoisotopic (exact) mass is 434 g/mol. The second-order valence-corrected chi connectivity index (χ2v) is 6.78. The van der Waals surface area contributed by atoms with Crippen molar-refractivity contribution in [2.45, 2.75) is 6.61 Å². The van der Waals surface area contributed by atoms with Crippen molar-refractivity contribution in [1.29, 1.82) is 0 Å². The van der Waals surface area contributed by atoms with Gasteiger partial charge in [0.25, 0.3) is 0 Å². The molecule has 28 heavy (non-hydrogen) atoms. The van der Waals surface area contributed by atoms with Gasteiger partial charge in [-0.15, -0.1) is 5.10 Å². The SMILES string of the molecule is S=c1[nH]nc(-c2ccco2)n1N=Cc1ccc(COc2ccc(Cl)cc2Cl)o1. The van der Waals surface area contributed by atoms with Crippen LogP contribution in [-0.2, 0) is 6.61 Å². The van der Waals surface area contributed by atoms with Crippen molar-refractivity contribution in [2.24, 2.45) is 5.10 Å². The van der Waals surface area contributed by atoms with Gasteiger partial charge in [-0.05, 0) is 54.7 Å². The molecule has 0 aliphatic rings. The summed E-state index contributed by atoms with van der Waals surface area (Å²) >= 11 is 17.2. The summed E-state index contributed by atoms with van der Waals surface area (Å²) in [6, 6.07) is 12.1. The summed E-state index contributed by atoms with van der Waals surface area (Å²) in [5, 5.41) is 12.1. The number of aromatic nitrogens is 3. The maximum Gasteiger partial charge on any atom is 0.219 e. The molecule has 4 rings (SSSR count). The number of aromatic amines is 1. The zero-order valence-corrected chi connectivity index (χ0v) is 16.5. The number of rotatable bonds is 6. The number of nitrogens with zero attached hydrogens (tertiary/aromatic N) is 3. The van der Waals surface area contributed by atoms with Crippen molar-refractivity contribution in [1.82, 2.24) is 14.9 Å². The predicted molar refractivity (Wildman–Crippen MR) is 108 cm³/mol. The highest BCUT2D eigenvalue weighted by Crippen LogP contribution is 2.28. The number of ether oxygens (including phenoxy) is 1. The molecule has 0 saturated carbocycles. The van der Waals surface area contributed by atoms with Gasteiger partial charge in [-0.1, -0.05) is 23.2 Å². The largest absolute Gasteiger partial charge is 0.484 e. The Balaban J connectivity index is 1.47. The van der Waals surface area contributed by atoms with E-state index in [1.54, 1.807) is 48.7 Å². The molecule has 0 unspecified atom stereocenters. The Bertz CT molecular complexity index is 1180. The molecular weight excluding hydrogens is 423 g/mol. The first kappa shape index (κ1) is 18.5. The van der Waals surface area contributed by atoms with E-state index in [9.17, 15) is 0 Å². The summed E-state index contributed by atoms with van der Waals surface area (Å²) in [5.41, 5.74) is 0. The van der Waals surface area contributed by atoms with Gasteiger partial charge in [0.1, 0.15) is 23.9 Å². The lowest BCUT2D eigenvalue weighted by atomic mass is 10.3. The molecule has 3 aromatic heterocycles. The lowest BCUT2D eigenvalue weighted by Gasteiger charge is -2.06. The Morgan fingerprint density at radius 3 is 2.93 bits per heavy atom. The molecule has 0 atom stereocenters. The van der Waals surface area contributed by atoms with Crippen molar-refractivity contribution in [3.8, 4) is 17.3 Å². The van der Waals surface area contributed by atoms with Crippen molar-refractivity contribution < 1.29 is 13.6 Å². The Morgan fingerprint density at radius 1 is 1.25 bits per heavy atom. The van der Waals surface area contributed by atoms with E-state index in [2.05, 4.69) is 15.3 Å². The van der Waals surface area contributed by atoms with Gasteiger partial charge < -0.3 is 13.6 Å². The lowest BCUT2D eigenvalue weighted by Crippen LogP contribution is -1.95. The summed E-state index contributed by atoms with van der Waals surface area (Å²) in [6.07, 6.45) is 3.07. The molecule has 0 aliphatic carbocycles. The molecule has 0 fully saturated rings. The third-order valence-corrected chi connectivity index (χ3v) is 4.43. The fraction of sp³-hybridized carbons (Fsp3) is 0.0556. The minimum atomic E-state index is 0.206. The topological polar surface area (TPSA) is 81.5 Å². The highest BCUT2D eigenvalue weighted by atomic mass is 35.5. The fourth-order valence-electron chi connectivity index (χ4n) is 2.36. The van der Waals surface area contributed by atoms with Crippen molar-refractivity contribution in [3.63, 3.8) is 0 Å². The molecule has 0 spiro atoms. The van der Waals surface area contributed by atoms with Crippen molar-refractivity contribution >= 4 is 41.6 Å². The number of benzene rings is 1. The molecule has 7 nitrogen and oxygen atoms in total. The van der Waals surface area contributed by atoms with Crippen LogP contribution in [0, 0.1) is 4.77 Å². The zero-order valence-electron chi connectivity index (χ0n) is 14.1. The highest BCUT2D eigenvalue weighted by Gasteiger charge is 2.11. The van der Waals surface area contributed by atoms with Crippen LogP contribution in [0.5, 0.6) is 5.75 Å². The molecule has 142 valence electrons. The van der Waals surface area contributed by atoms with E-state index in [4.69, 9.17) is 49.0 Å². The Morgan fingerprint density at radius 2 is 2.14 bits per heavy atom. The molecule has 4 aromatic rings. The van der Waals surface area contributed by atoms with Crippen LogP contribution in [0.2, 0.25) is 10.0 Å². The van der Waals surface area contributed by atoms with Gasteiger partial charge in [0.15, 0.2) is 5.76 Å². The van der Waals surface area contributed by atoms with E-state index in [1.807, 2.05) is 0 Å². The van der Waals surface area contributed by atoms with Gasteiger partial charge >= 0.3 is 0 Å². The number of nitrogens with one attached hydrogen (secondary N) is 1. The first-order valence-electron chi connectivity index (χ1n) is 8.02. The predicted octanol–water partition coefficient (Wildman–Crippen LogP) is 5.56. The summed E-state index contributed by atoms with van der Waals surface area (Å²) < 4.78 is 18.5. The number of hydrogen-bond donors (Lipinski definition) is 1. The van der Waals surface area contributed by atoms with Crippen LogP contribution in [0.3, 0.4) is 0 Å². The van der Waals surface area contributed by atoms with E-state index in [0.29, 0.717) is 43.7 Å². The van der Waals surface area contributed by atoms with Crippen LogP contribution in [0.1, 0.15) is 11.5 Å². The molecule has 3 heterocycles. The second-order valence-electron chi connectivity index (χ2n) is 5.55. The number of halogens is 2. The molecule has 0 amide bonds. The second kappa shape index (κ2) is 8.05. The third kappa shape index (κ3) is 4.04. The average molecular weight is 435 g/mol. The number of H-pyrrole nitrogens is 1. The number of hydrogen-bond acceptors (Lipinski definition) is 6. The first-order valence-corrected chi connectivity index (χ1v) is 9.19. The van der Waals surface area contributed by atoms with E-state index in [-0.39, 0.29) is 6.61 Å². The molecular formula is C18H12Cl2N4O3S. The van der Waals surface area contributed by atoms with Gasteiger partial charge in [0.2, 0.25) is 10.6 Å². The molecule has 1 aromatic carbocycles. The summed E-state index contributed by atoms with van der Waals surface area (Å²) in [5.74, 6) is 2.64. The normalized spacial score (nSPS) is 11.4. The van der Waals surface area contributed by atoms with E-state index >= 15 is 0 Å². The van der Waals surface area contributed by atoms with E-state index < -0.39 is 0 Å². The quantitative estimate of drug-likeness (QED) is 0.317. The third-order valence-electron chi connectivity index (χ3n) is 3.64. The molecule has 1 N–H and O–H groups in total. The van der Waals surface area contributed by atoms with Crippen molar-refractivity contribution in [2.75, 3.05) is 0 Å². The molecule has 0 aliphatic heterocycles. The summed E-state index contributed by atoms with van der Waals surface area (Å²) in [4.78, 5) is 0. The molecule has 10 heteroatoms. The van der Waals surface area contributed by atoms with Gasteiger partial charge in [0, 0.05) is 5.02 Å². The van der Waals surface area contributed by atoms with Crippen LogP contribution in [0.25, 0.3) is 11.6 Å². The van der Waals surface area contributed by atoms with Crippen LogP contribution in [0.15, 0.2) is 62.7 Å². The molecule has 0 radical (unpaired) electrons. The Kier molecular flexibility index (Phi) is 5.34. The lowest BCUT2D eigenvalue weighted by molar-refractivity contribution is 0.270. The summed E-state index contributed by atoms with van der Waals surface area (Å²) in [6.45, 7) is 0.206. The number of furan rings is 2. The minimum Gasteiger partial charge on any atom is -0.484 e. The van der Waals surface area contributed by atoms with Crippen LogP contribution >= 0.6 is 35.4 Å². The average Bonchev–Trinajstić information content (AvgIpc) is 3.40.